The Bertz CT molecular complexity index is 1260. The molecule has 0 unspecified atom stereocenters. The van der Waals surface area contributed by atoms with Gasteiger partial charge in [-0.25, -0.2) is 4.79 Å². The monoisotopic (exact) mass is 553 g/mol. The summed E-state index contributed by atoms with van der Waals surface area (Å²) < 4.78 is 5.88. The van der Waals surface area contributed by atoms with Crippen LogP contribution in [0.4, 0.5) is 0 Å². The van der Waals surface area contributed by atoms with Crippen LogP contribution in [0.2, 0.25) is 5.02 Å². The fourth-order valence-corrected chi connectivity index (χ4v) is 4.09. The summed E-state index contributed by atoms with van der Waals surface area (Å²) in [4.78, 5) is 38.0. The maximum atomic E-state index is 13.4. The van der Waals surface area contributed by atoms with Crippen LogP contribution < -0.4 is 21.1 Å². The molecule has 0 spiro atoms. The number of hydrogen-bond acceptors (Lipinski definition) is 6. The number of carboxylic acid groups (broad SMARTS) is 1. The Balaban J connectivity index is 1.78. The number of rotatable bonds is 13. The van der Waals surface area contributed by atoms with Gasteiger partial charge in [0.2, 0.25) is 5.91 Å². The molecule has 0 heterocycles. The molecule has 0 bridgehead atoms. The Morgan fingerprint density at radius 3 is 2.08 bits per heavy atom. The van der Waals surface area contributed by atoms with Crippen LogP contribution in [0.3, 0.4) is 0 Å². The summed E-state index contributed by atoms with van der Waals surface area (Å²) in [7, 11) is 0. The molecule has 3 aromatic rings. The molecule has 6 N–H and O–H groups in total. The Morgan fingerprint density at radius 1 is 0.923 bits per heavy atom. The van der Waals surface area contributed by atoms with Crippen LogP contribution in [0.5, 0.6) is 5.75 Å². The van der Waals surface area contributed by atoms with Crippen LogP contribution in [-0.4, -0.2) is 58.8 Å². The lowest BCUT2D eigenvalue weighted by molar-refractivity contribution is -0.145. The van der Waals surface area contributed by atoms with Crippen LogP contribution in [0.15, 0.2) is 78.9 Å². The van der Waals surface area contributed by atoms with Gasteiger partial charge in [0.1, 0.15) is 18.4 Å². The summed E-state index contributed by atoms with van der Waals surface area (Å²) in [5, 5.41) is 24.4. The molecule has 3 aromatic carbocycles. The smallest absolute Gasteiger partial charge is 0.328 e. The van der Waals surface area contributed by atoms with E-state index in [0.717, 1.165) is 11.1 Å². The van der Waals surface area contributed by atoms with Gasteiger partial charge in [0.15, 0.2) is 6.04 Å². The highest BCUT2D eigenvalue weighted by Crippen LogP contribution is 2.24. The molecule has 206 valence electrons. The lowest BCUT2D eigenvalue weighted by Crippen LogP contribution is -2.55. The third kappa shape index (κ3) is 9.10. The fraction of sp³-hybridized carbons (Fsp3) is 0.276. The average Bonchev–Trinajstić information content (AvgIpc) is 2.91. The minimum Gasteiger partial charge on any atom is -0.491 e. The third-order valence-corrected chi connectivity index (χ3v) is 6.17. The normalized spacial score (nSPS) is 13.9. The number of nitrogens with one attached hydrogen (secondary N) is 2. The lowest BCUT2D eigenvalue weighted by atomic mass is 10.0. The number of hydrogen-bond donors (Lipinski definition) is 5. The second-order valence-corrected chi connectivity index (χ2v) is 9.62. The topological polar surface area (TPSA) is 151 Å². The molecule has 9 nitrogen and oxygen atoms in total. The fourth-order valence-electron chi connectivity index (χ4n) is 3.92. The number of aliphatic hydroxyl groups is 1. The number of carboxylic acids is 1. The van der Waals surface area contributed by atoms with Gasteiger partial charge in [0.05, 0.1) is 11.7 Å². The quantitative estimate of drug-likeness (QED) is 0.218. The zero-order valence-corrected chi connectivity index (χ0v) is 22.2. The summed E-state index contributed by atoms with van der Waals surface area (Å²) in [6.07, 6.45) is -0.709. The van der Waals surface area contributed by atoms with Gasteiger partial charge >= 0.3 is 5.97 Å². The molecule has 4 atom stereocenters. The van der Waals surface area contributed by atoms with E-state index in [4.69, 9.17) is 22.1 Å². The summed E-state index contributed by atoms with van der Waals surface area (Å²) in [6.45, 7) is 1.38. The van der Waals surface area contributed by atoms with Crippen molar-refractivity contribution >= 4 is 29.4 Å². The van der Waals surface area contributed by atoms with Crippen molar-refractivity contribution in [1.82, 2.24) is 10.6 Å². The van der Waals surface area contributed by atoms with Crippen LogP contribution in [0.25, 0.3) is 0 Å². The standard InChI is InChI=1S/C29H32ClN3O6/c1-18(34)26(29(37)38)33-28(36)24(15-20-10-6-3-7-11-20)32-27(35)23-16-21(30)12-13-25(23)39-17-22(31)14-19-8-4-2-5-9-19/h2-13,16,18,22,24,26,34H,14-15,17,31H2,1H3,(H,32,35)(H,33,36)(H,37,38)/t18-,22-,24+,26+/m1/s1. The molecule has 39 heavy (non-hydrogen) atoms. The van der Waals surface area contributed by atoms with Gasteiger partial charge in [-0.1, -0.05) is 72.3 Å². The molecule has 0 radical (unpaired) electrons. The summed E-state index contributed by atoms with van der Waals surface area (Å²) >= 11 is 6.17. The van der Waals surface area contributed by atoms with E-state index in [9.17, 15) is 24.6 Å². The molecular formula is C29H32ClN3O6. The molecule has 3 rings (SSSR count). The number of carbonyl (C=O) groups excluding carboxylic acids is 2. The maximum Gasteiger partial charge on any atom is 0.328 e. The van der Waals surface area contributed by atoms with E-state index in [-0.39, 0.29) is 35.4 Å². The molecule has 0 aliphatic rings. The van der Waals surface area contributed by atoms with Crippen LogP contribution >= 0.6 is 11.6 Å². The molecule has 0 aliphatic carbocycles. The number of aliphatic carboxylic acids is 1. The first-order valence-corrected chi connectivity index (χ1v) is 12.8. The van der Waals surface area contributed by atoms with E-state index in [0.29, 0.717) is 6.42 Å². The van der Waals surface area contributed by atoms with Gasteiger partial charge in [0, 0.05) is 17.5 Å². The molecular weight excluding hydrogens is 522 g/mol. The summed E-state index contributed by atoms with van der Waals surface area (Å²) in [5.41, 5.74) is 8.11. The number of aliphatic hydroxyl groups excluding tert-OH is 1. The largest absolute Gasteiger partial charge is 0.491 e. The van der Waals surface area contributed by atoms with E-state index in [1.807, 2.05) is 36.4 Å². The highest BCUT2D eigenvalue weighted by molar-refractivity contribution is 6.31. The van der Waals surface area contributed by atoms with Crippen LogP contribution in [0.1, 0.15) is 28.4 Å². The number of ether oxygens (including phenoxy) is 1. The molecule has 0 aliphatic heterocycles. The van der Waals surface area contributed by atoms with Crippen molar-refractivity contribution in [2.45, 2.75) is 44.0 Å². The molecule has 2 amide bonds. The molecule has 0 saturated heterocycles. The first-order chi connectivity index (χ1) is 18.6. The van der Waals surface area contributed by atoms with E-state index >= 15 is 0 Å². The predicted molar refractivity (Wildman–Crippen MR) is 148 cm³/mol. The Hall–Kier alpha value is -3.92. The first-order valence-electron chi connectivity index (χ1n) is 12.4. The first kappa shape index (κ1) is 29.6. The van der Waals surface area contributed by atoms with Crippen molar-refractivity contribution < 1.29 is 29.3 Å². The number of halogens is 1. The van der Waals surface area contributed by atoms with Crippen molar-refractivity contribution in [2.75, 3.05) is 6.61 Å². The molecule has 0 aromatic heterocycles. The number of amides is 2. The van der Waals surface area contributed by atoms with Crippen molar-refractivity contribution in [3.63, 3.8) is 0 Å². The van der Waals surface area contributed by atoms with E-state index in [2.05, 4.69) is 10.6 Å². The second-order valence-electron chi connectivity index (χ2n) is 9.18. The Morgan fingerprint density at radius 2 is 1.51 bits per heavy atom. The van der Waals surface area contributed by atoms with Crippen molar-refractivity contribution in [2.24, 2.45) is 5.73 Å². The van der Waals surface area contributed by atoms with Gasteiger partial charge in [-0.05, 0) is 42.7 Å². The maximum absolute atomic E-state index is 13.4. The van der Waals surface area contributed by atoms with Gasteiger partial charge in [-0.2, -0.15) is 0 Å². The zero-order valence-electron chi connectivity index (χ0n) is 21.4. The molecule has 10 heteroatoms. The van der Waals surface area contributed by atoms with Crippen LogP contribution in [0, 0.1) is 0 Å². The van der Waals surface area contributed by atoms with Crippen molar-refractivity contribution in [3.8, 4) is 5.75 Å². The Kier molecular flexibility index (Phi) is 10.9. The summed E-state index contributed by atoms with van der Waals surface area (Å²) in [5.74, 6) is -2.59. The highest BCUT2D eigenvalue weighted by atomic mass is 35.5. The minimum absolute atomic E-state index is 0.0727. The number of benzene rings is 3. The van der Waals surface area contributed by atoms with Gasteiger partial charge < -0.3 is 31.3 Å². The van der Waals surface area contributed by atoms with Crippen LogP contribution in [-0.2, 0) is 22.4 Å². The number of carbonyl (C=O) groups is 3. The minimum atomic E-state index is -1.55. The lowest BCUT2D eigenvalue weighted by Gasteiger charge is -2.23. The Labute approximate surface area is 231 Å². The van der Waals surface area contributed by atoms with Gasteiger partial charge in [-0.3, -0.25) is 9.59 Å². The van der Waals surface area contributed by atoms with Crippen molar-refractivity contribution in [1.29, 1.82) is 0 Å². The zero-order chi connectivity index (χ0) is 28.4. The van der Waals surface area contributed by atoms with E-state index in [1.54, 1.807) is 36.4 Å². The van der Waals surface area contributed by atoms with E-state index < -0.39 is 36.0 Å². The SMILES string of the molecule is C[C@@H](O)[C@H](NC(=O)[C@H](Cc1ccccc1)NC(=O)c1cc(Cl)ccc1OC[C@H](N)Cc1ccccc1)C(=O)O. The molecule has 0 fully saturated rings. The summed E-state index contributed by atoms with van der Waals surface area (Å²) in [6, 6.07) is 20.1. The van der Waals surface area contributed by atoms with E-state index in [1.165, 1.54) is 13.0 Å². The second kappa shape index (κ2) is 14.3. The number of nitrogens with two attached hydrogens (primary N) is 1. The predicted octanol–water partition coefficient (Wildman–Crippen LogP) is 2.58. The average molecular weight is 554 g/mol. The molecule has 0 saturated carbocycles. The third-order valence-electron chi connectivity index (χ3n) is 5.93. The van der Waals surface area contributed by atoms with Gasteiger partial charge in [-0.15, -0.1) is 0 Å². The van der Waals surface area contributed by atoms with Gasteiger partial charge in [0.25, 0.3) is 5.91 Å². The highest BCUT2D eigenvalue weighted by Gasteiger charge is 2.30. The van der Waals surface area contributed by atoms with Crippen molar-refractivity contribution in [3.05, 3.63) is 101 Å².